The van der Waals surface area contributed by atoms with Gasteiger partial charge in [-0.2, -0.15) is 5.10 Å². The molecule has 0 amide bonds. The van der Waals surface area contributed by atoms with Crippen LogP contribution in [0.4, 0.5) is 4.39 Å². The number of thiazole rings is 1. The highest BCUT2D eigenvalue weighted by molar-refractivity contribution is 7.89. The number of carboxylic acids is 1. The Morgan fingerprint density at radius 2 is 1.81 bits per heavy atom. The van der Waals surface area contributed by atoms with Gasteiger partial charge < -0.3 is 5.11 Å². The molecule has 0 radical (unpaired) electrons. The van der Waals surface area contributed by atoms with Crippen molar-refractivity contribution in [3.8, 4) is 27.5 Å². The van der Waals surface area contributed by atoms with E-state index in [2.05, 4.69) is 4.98 Å². The third-order valence-electron chi connectivity index (χ3n) is 7.16. The summed E-state index contributed by atoms with van der Waals surface area (Å²) in [6.45, 7) is 0. The largest absolute Gasteiger partial charge is 0.476 e. The fourth-order valence-electron chi connectivity index (χ4n) is 4.90. The lowest BCUT2D eigenvalue weighted by molar-refractivity contribution is 0.0691. The fraction of sp³-hybridized carbons (Fsp3) is 0.167. The summed E-state index contributed by atoms with van der Waals surface area (Å²) in [5.74, 6) is -1.62. The van der Waals surface area contributed by atoms with Crippen molar-refractivity contribution in [3.05, 3.63) is 105 Å². The van der Waals surface area contributed by atoms with Crippen LogP contribution in [0.25, 0.3) is 27.5 Å². The molecule has 42 heavy (non-hydrogen) atoms. The monoisotopic (exact) mass is 622 g/mol. The van der Waals surface area contributed by atoms with Gasteiger partial charge in [-0.3, -0.25) is 0 Å². The summed E-state index contributed by atoms with van der Waals surface area (Å²) in [5.41, 5.74) is 5.51. The van der Waals surface area contributed by atoms with Crippen molar-refractivity contribution in [3.63, 3.8) is 0 Å². The normalized spacial score (nSPS) is 13.4. The maximum atomic E-state index is 14.9. The molecule has 0 aliphatic heterocycles. The minimum absolute atomic E-state index is 0.0728. The van der Waals surface area contributed by atoms with E-state index in [1.54, 1.807) is 10.7 Å². The molecule has 6 rings (SSSR count). The molecule has 1 fully saturated rings. The minimum atomic E-state index is -4.22. The van der Waals surface area contributed by atoms with E-state index in [-0.39, 0.29) is 12.1 Å². The molecule has 0 atom stereocenters. The Hall–Kier alpha value is -3.90. The Balaban J connectivity index is 1.52. The Morgan fingerprint density at radius 3 is 2.45 bits per heavy atom. The second-order valence-corrected chi connectivity index (χ2v) is 13.0. The average molecular weight is 623 g/mol. The van der Waals surface area contributed by atoms with Crippen molar-refractivity contribution in [1.29, 1.82) is 0 Å². The number of nitrogens with zero attached hydrogens (tertiary/aromatic N) is 3. The maximum absolute atomic E-state index is 14.9. The van der Waals surface area contributed by atoms with Crippen molar-refractivity contribution in [1.82, 2.24) is 14.8 Å². The Labute approximate surface area is 250 Å². The number of halogens is 2. The van der Waals surface area contributed by atoms with Crippen LogP contribution in [0.5, 0.6) is 0 Å². The zero-order valence-corrected chi connectivity index (χ0v) is 24.4. The van der Waals surface area contributed by atoms with Crippen molar-refractivity contribution >= 4 is 38.9 Å². The lowest BCUT2D eigenvalue weighted by atomic mass is 9.95. The lowest BCUT2D eigenvalue weighted by Gasteiger charge is -2.10. The minimum Gasteiger partial charge on any atom is -0.476 e. The molecular formula is C30H24ClFN4O4S2. The van der Waals surface area contributed by atoms with Crippen LogP contribution in [0.15, 0.2) is 77.0 Å². The van der Waals surface area contributed by atoms with E-state index in [1.165, 1.54) is 28.8 Å². The van der Waals surface area contributed by atoms with Crippen LogP contribution >= 0.6 is 22.9 Å². The second kappa shape index (κ2) is 11.1. The molecule has 1 aliphatic carbocycles. The quantitative estimate of drug-likeness (QED) is 0.197. The molecule has 3 aromatic carbocycles. The first-order chi connectivity index (χ1) is 20.1. The predicted molar refractivity (Wildman–Crippen MR) is 159 cm³/mol. The van der Waals surface area contributed by atoms with E-state index in [0.29, 0.717) is 33.8 Å². The first kappa shape index (κ1) is 28.2. The second-order valence-electron chi connectivity index (χ2n) is 10.2. The number of hydrogen-bond acceptors (Lipinski definition) is 6. The Morgan fingerprint density at radius 1 is 1.07 bits per heavy atom. The number of rotatable bonds is 9. The topological polar surface area (TPSA) is 128 Å². The summed E-state index contributed by atoms with van der Waals surface area (Å²) in [7, 11) is -4.22. The third-order valence-corrected chi connectivity index (χ3v) is 9.17. The summed E-state index contributed by atoms with van der Waals surface area (Å²) in [6, 6.07) is 19.2. The Kier molecular flexibility index (Phi) is 7.44. The number of carbonyl (C=O) groups is 1. The molecule has 0 spiro atoms. The summed E-state index contributed by atoms with van der Waals surface area (Å²) < 4.78 is 40.1. The number of aromatic nitrogens is 3. The van der Waals surface area contributed by atoms with Crippen LogP contribution in [-0.2, 0) is 22.9 Å². The number of aromatic carboxylic acids is 1. The van der Waals surface area contributed by atoms with Gasteiger partial charge in [-0.05, 0) is 72.2 Å². The van der Waals surface area contributed by atoms with Gasteiger partial charge in [0.1, 0.15) is 10.7 Å². The van der Waals surface area contributed by atoms with Gasteiger partial charge in [0.15, 0.2) is 5.69 Å². The lowest BCUT2D eigenvalue weighted by Crippen LogP contribution is -2.14. The van der Waals surface area contributed by atoms with Gasteiger partial charge >= 0.3 is 5.97 Å². The van der Waals surface area contributed by atoms with Crippen molar-refractivity contribution in [2.45, 2.75) is 30.6 Å². The zero-order chi connectivity index (χ0) is 29.6. The summed E-state index contributed by atoms with van der Waals surface area (Å²) in [6.07, 6.45) is 3.05. The Bertz CT molecular complexity index is 1930. The maximum Gasteiger partial charge on any atom is 0.355 e. The highest BCUT2D eigenvalue weighted by atomic mass is 35.5. The van der Waals surface area contributed by atoms with Gasteiger partial charge in [0.2, 0.25) is 15.2 Å². The van der Waals surface area contributed by atoms with Gasteiger partial charge in [-0.25, -0.2) is 32.4 Å². The average Bonchev–Trinajstić information content (AvgIpc) is 3.50. The molecule has 1 saturated carbocycles. The molecule has 0 bridgehead atoms. The van der Waals surface area contributed by atoms with E-state index in [0.717, 1.165) is 40.8 Å². The summed E-state index contributed by atoms with van der Waals surface area (Å²) in [5, 5.41) is 22.1. The van der Waals surface area contributed by atoms with Crippen LogP contribution < -0.4 is 5.14 Å². The van der Waals surface area contributed by atoms with Crippen LogP contribution in [0.2, 0.25) is 5.02 Å². The fourth-order valence-corrected chi connectivity index (χ4v) is 6.39. The van der Waals surface area contributed by atoms with Gasteiger partial charge in [0.05, 0.1) is 11.4 Å². The molecule has 12 heteroatoms. The molecule has 0 unspecified atom stereocenters. The van der Waals surface area contributed by atoms with Crippen molar-refractivity contribution in [2.75, 3.05) is 0 Å². The van der Waals surface area contributed by atoms with Crippen LogP contribution in [0, 0.1) is 11.7 Å². The van der Waals surface area contributed by atoms with Crippen molar-refractivity contribution < 1.29 is 22.7 Å². The van der Waals surface area contributed by atoms with E-state index in [9.17, 15) is 22.7 Å². The van der Waals surface area contributed by atoms with E-state index in [1.807, 2.05) is 48.5 Å². The number of hydrogen-bond donors (Lipinski definition) is 2. The molecular weight excluding hydrogens is 599 g/mol. The van der Waals surface area contributed by atoms with Gasteiger partial charge in [0, 0.05) is 28.0 Å². The predicted octanol–water partition coefficient (Wildman–Crippen LogP) is 6.34. The van der Waals surface area contributed by atoms with Crippen LogP contribution in [0.1, 0.15) is 40.2 Å². The smallest absolute Gasteiger partial charge is 0.355 e. The summed E-state index contributed by atoms with van der Waals surface area (Å²) in [4.78, 5) is 15.3. The van der Waals surface area contributed by atoms with Crippen LogP contribution in [0.3, 0.4) is 0 Å². The highest BCUT2D eigenvalue weighted by Gasteiger charge is 2.29. The van der Waals surface area contributed by atoms with Gasteiger partial charge in [-0.15, -0.1) is 11.3 Å². The molecule has 2 aromatic heterocycles. The molecule has 3 N–H and O–H groups in total. The van der Waals surface area contributed by atoms with E-state index < -0.39 is 26.7 Å². The first-order valence-electron chi connectivity index (χ1n) is 13.0. The number of primary sulfonamides is 1. The SMILES string of the molecule is NS(=O)(=O)c1ccc(Cc2c(-c3cccc(-c4ccc(Cl)cc4)c3)nn(-c3nc(C(=O)O)cs3)c2CC2CC2)cc1F. The molecule has 8 nitrogen and oxygen atoms in total. The molecule has 2 heterocycles. The van der Waals surface area contributed by atoms with Gasteiger partial charge in [-0.1, -0.05) is 48.0 Å². The van der Waals surface area contributed by atoms with E-state index >= 15 is 0 Å². The third kappa shape index (κ3) is 5.86. The highest BCUT2D eigenvalue weighted by Crippen LogP contribution is 2.39. The standard InChI is InChI=1S/C30H24ClFN4O4S2/c31-22-9-7-19(8-10-22)20-2-1-3-21(15-20)28-23(12-18-6-11-27(24(32)13-18)42(33,39)40)26(14-17-4-5-17)36(35-28)30-34-25(16-41-30)29(37)38/h1-3,6-11,13,15-17H,4-5,12,14H2,(H,37,38)(H2,33,39,40). The van der Waals surface area contributed by atoms with Crippen molar-refractivity contribution in [2.24, 2.45) is 11.1 Å². The van der Waals surface area contributed by atoms with Gasteiger partial charge in [0.25, 0.3) is 0 Å². The zero-order valence-electron chi connectivity index (χ0n) is 22.0. The molecule has 5 aromatic rings. The number of nitrogens with two attached hydrogens (primary N) is 1. The number of sulfonamides is 1. The first-order valence-corrected chi connectivity index (χ1v) is 15.8. The van der Waals surface area contributed by atoms with Crippen LogP contribution in [-0.4, -0.2) is 34.3 Å². The van der Waals surface area contributed by atoms with E-state index in [4.69, 9.17) is 21.8 Å². The number of benzene rings is 3. The summed E-state index contributed by atoms with van der Waals surface area (Å²) >= 11 is 7.27. The molecule has 214 valence electrons. The molecule has 1 aliphatic rings. The number of carboxylic acid groups (broad SMARTS) is 1. The molecule has 0 saturated heterocycles.